The quantitative estimate of drug-likeness (QED) is 0.253. The number of halogens is 2. The number of nitrogens with zero attached hydrogens (tertiary/aromatic N) is 2. The largest absolute Gasteiger partial charge is 0.394 e. The molecule has 0 bridgehead atoms. The smallest absolute Gasteiger partial charge is 0.226 e. The maximum atomic E-state index is 12.4. The zero-order valence-electron chi connectivity index (χ0n) is 16.4. The van der Waals surface area contributed by atoms with E-state index in [2.05, 4.69) is 0 Å². The topological polar surface area (TPSA) is 125 Å². The van der Waals surface area contributed by atoms with Gasteiger partial charge in [-0.25, -0.2) is 0 Å². The van der Waals surface area contributed by atoms with Crippen LogP contribution in [0.5, 0.6) is 0 Å². The van der Waals surface area contributed by atoms with Crippen LogP contribution in [0.4, 0.5) is 5.69 Å². The number of rotatable bonds is 13. The van der Waals surface area contributed by atoms with Gasteiger partial charge in [0, 0.05) is 44.1 Å². The van der Waals surface area contributed by atoms with Gasteiger partial charge in [-0.3, -0.25) is 4.79 Å². The van der Waals surface area contributed by atoms with Crippen LogP contribution in [-0.2, 0) is 11.2 Å². The number of likely N-dealkylation sites (N-methyl/N-ethyl adjacent to an activating group) is 1. The second kappa shape index (κ2) is 13.2. The van der Waals surface area contributed by atoms with Crippen molar-refractivity contribution in [2.24, 2.45) is 0 Å². The fourth-order valence-electron chi connectivity index (χ4n) is 2.76. The maximum absolute atomic E-state index is 12.4. The highest BCUT2D eigenvalue weighted by atomic mass is 35.5. The van der Waals surface area contributed by atoms with Gasteiger partial charge in [-0.15, -0.1) is 23.2 Å². The van der Waals surface area contributed by atoms with E-state index in [1.165, 1.54) is 11.9 Å². The van der Waals surface area contributed by atoms with Gasteiger partial charge >= 0.3 is 0 Å². The van der Waals surface area contributed by atoms with Gasteiger partial charge in [0.15, 0.2) is 0 Å². The number of carbonyl (C=O) groups is 1. The Morgan fingerprint density at radius 2 is 1.48 bits per heavy atom. The molecule has 0 aliphatic heterocycles. The van der Waals surface area contributed by atoms with Crippen molar-refractivity contribution in [2.75, 3.05) is 49.9 Å². The van der Waals surface area contributed by atoms with Gasteiger partial charge in [-0.2, -0.15) is 0 Å². The van der Waals surface area contributed by atoms with Crippen LogP contribution in [0.25, 0.3) is 0 Å². The van der Waals surface area contributed by atoms with Gasteiger partial charge in [0.25, 0.3) is 0 Å². The van der Waals surface area contributed by atoms with E-state index in [1.54, 1.807) is 0 Å². The Morgan fingerprint density at radius 1 is 0.966 bits per heavy atom. The van der Waals surface area contributed by atoms with Crippen LogP contribution in [0.15, 0.2) is 24.3 Å². The molecule has 1 aromatic carbocycles. The Kier molecular flexibility index (Phi) is 11.8. The van der Waals surface area contributed by atoms with E-state index in [1.807, 2.05) is 29.2 Å². The molecule has 166 valence electrons. The molecule has 1 aromatic rings. The minimum Gasteiger partial charge on any atom is -0.394 e. The van der Waals surface area contributed by atoms with Crippen molar-refractivity contribution in [3.8, 4) is 0 Å². The highest BCUT2D eigenvalue weighted by molar-refractivity contribution is 6.18. The minimum atomic E-state index is -1.73. The number of benzene rings is 1. The highest BCUT2D eigenvalue weighted by Gasteiger charge is 2.31. The van der Waals surface area contributed by atoms with Gasteiger partial charge in [0.05, 0.1) is 13.0 Å². The van der Waals surface area contributed by atoms with Crippen molar-refractivity contribution in [3.63, 3.8) is 0 Å². The molecule has 0 aromatic heterocycles. The first-order chi connectivity index (χ1) is 13.7. The molecule has 0 radical (unpaired) electrons. The third-order valence-electron chi connectivity index (χ3n) is 4.58. The Morgan fingerprint density at radius 3 is 1.97 bits per heavy atom. The standard InChI is InChI=1S/C19H30Cl2N2O6/c1-22(11-15(25)18(28)19(29)16(26)12-24)17(27)10-13-2-4-14(5-3-13)23(8-6-20)9-7-21/h2-5,15-16,18-19,24-26,28-29H,6-12H2,1H3/t15-,16-,18-,19-/m1/s1. The lowest BCUT2D eigenvalue weighted by atomic mass is 10.0. The van der Waals surface area contributed by atoms with Crippen LogP contribution in [0, 0.1) is 0 Å². The normalized spacial score (nSPS) is 15.4. The van der Waals surface area contributed by atoms with Crippen LogP contribution < -0.4 is 4.90 Å². The van der Waals surface area contributed by atoms with Crippen LogP contribution in [-0.4, -0.2) is 106 Å². The van der Waals surface area contributed by atoms with Gasteiger partial charge in [0.2, 0.25) is 5.91 Å². The number of amides is 1. The monoisotopic (exact) mass is 452 g/mol. The number of alkyl halides is 2. The van der Waals surface area contributed by atoms with Crippen molar-refractivity contribution in [3.05, 3.63) is 29.8 Å². The molecule has 0 aliphatic rings. The second-order valence-electron chi connectivity index (χ2n) is 6.78. The van der Waals surface area contributed by atoms with Crippen LogP contribution in [0.2, 0.25) is 0 Å². The molecule has 4 atom stereocenters. The van der Waals surface area contributed by atoms with Crippen molar-refractivity contribution in [1.82, 2.24) is 4.90 Å². The van der Waals surface area contributed by atoms with E-state index < -0.39 is 31.0 Å². The third kappa shape index (κ3) is 8.25. The Bertz CT molecular complexity index is 601. The summed E-state index contributed by atoms with van der Waals surface area (Å²) >= 11 is 11.6. The molecular formula is C19H30Cl2N2O6. The van der Waals surface area contributed by atoms with Crippen LogP contribution >= 0.6 is 23.2 Å². The average Bonchev–Trinajstić information content (AvgIpc) is 2.72. The molecule has 0 saturated heterocycles. The van der Waals surface area contributed by atoms with Gasteiger partial charge in [-0.05, 0) is 17.7 Å². The second-order valence-corrected chi connectivity index (χ2v) is 7.54. The molecule has 10 heteroatoms. The lowest BCUT2D eigenvalue weighted by Gasteiger charge is -2.28. The first-order valence-corrected chi connectivity index (χ1v) is 10.3. The number of carbonyl (C=O) groups excluding carboxylic acids is 1. The number of aliphatic hydroxyl groups is 5. The van der Waals surface area contributed by atoms with E-state index in [4.69, 9.17) is 28.3 Å². The zero-order valence-corrected chi connectivity index (χ0v) is 17.9. The highest BCUT2D eigenvalue weighted by Crippen LogP contribution is 2.16. The van der Waals surface area contributed by atoms with E-state index in [-0.39, 0.29) is 18.9 Å². The van der Waals surface area contributed by atoms with Crippen LogP contribution in [0.3, 0.4) is 0 Å². The lowest BCUT2D eigenvalue weighted by molar-refractivity contribution is -0.137. The summed E-state index contributed by atoms with van der Waals surface area (Å²) in [4.78, 5) is 15.7. The first kappa shape index (κ1) is 25.9. The van der Waals surface area contributed by atoms with Crippen LogP contribution in [0.1, 0.15) is 5.56 Å². The molecule has 8 nitrogen and oxygen atoms in total. The SMILES string of the molecule is CN(C[C@@H](O)[C@@H](O)[C@H](O)[C@H](O)CO)C(=O)Cc1ccc(N(CCCl)CCCl)cc1. The summed E-state index contributed by atoms with van der Waals surface area (Å²) in [7, 11) is 1.46. The van der Waals surface area contributed by atoms with Gasteiger partial charge in [0.1, 0.15) is 24.4 Å². The maximum Gasteiger partial charge on any atom is 0.226 e. The summed E-state index contributed by atoms with van der Waals surface area (Å²) in [6, 6.07) is 7.41. The fourth-order valence-corrected chi connectivity index (χ4v) is 3.17. The molecule has 0 saturated carbocycles. The Hall–Kier alpha value is -1.13. The molecule has 0 aliphatic carbocycles. The summed E-state index contributed by atoms with van der Waals surface area (Å²) in [6.45, 7) is 0.314. The predicted octanol–water partition coefficient (Wildman–Crippen LogP) is -0.593. The van der Waals surface area contributed by atoms with Crippen molar-refractivity contribution < 1.29 is 30.3 Å². The molecule has 5 N–H and O–H groups in total. The van der Waals surface area contributed by atoms with Crippen molar-refractivity contribution in [2.45, 2.75) is 30.8 Å². The lowest BCUT2D eigenvalue weighted by Crippen LogP contribution is -2.50. The summed E-state index contributed by atoms with van der Waals surface area (Å²) < 4.78 is 0. The average molecular weight is 453 g/mol. The van der Waals surface area contributed by atoms with E-state index in [9.17, 15) is 25.2 Å². The Labute approximate surface area is 180 Å². The third-order valence-corrected chi connectivity index (χ3v) is 4.92. The molecular weight excluding hydrogens is 423 g/mol. The molecule has 1 amide bonds. The van der Waals surface area contributed by atoms with E-state index in [0.29, 0.717) is 24.8 Å². The fraction of sp³-hybridized carbons (Fsp3) is 0.632. The number of aliphatic hydroxyl groups excluding tert-OH is 5. The summed E-state index contributed by atoms with van der Waals surface area (Å²) in [5.41, 5.74) is 1.72. The summed E-state index contributed by atoms with van der Waals surface area (Å²) in [5.74, 6) is 0.653. The predicted molar refractivity (Wildman–Crippen MR) is 113 cm³/mol. The van der Waals surface area contributed by atoms with E-state index >= 15 is 0 Å². The Balaban J connectivity index is 2.64. The summed E-state index contributed by atoms with van der Waals surface area (Å²) in [6.07, 6.45) is -6.41. The van der Waals surface area contributed by atoms with Crippen molar-refractivity contribution in [1.29, 1.82) is 0 Å². The minimum absolute atomic E-state index is 0.0897. The molecule has 0 fully saturated rings. The summed E-state index contributed by atoms with van der Waals surface area (Å²) in [5, 5.41) is 47.6. The van der Waals surface area contributed by atoms with Gasteiger partial charge < -0.3 is 35.3 Å². The first-order valence-electron chi connectivity index (χ1n) is 9.28. The number of hydrogen-bond donors (Lipinski definition) is 5. The number of hydrogen-bond acceptors (Lipinski definition) is 7. The molecule has 0 unspecified atom stereocenters. The zero-order chi connectivity index (χ0) is 22.0. The van der Waals surface area contributed by atoms with Gasteiger partial charge in [-0.1, -0.05) is 12.1 Å². The molecule has 1 rings (SSSR count). The van der Waals surface area contributed by atoms with Crippen molar-refractivity contribution >= 4 is 34.8 Å². The molecule has 0 heterocycles. The molecule has 0 spiro atoms. The molecule has 29 heavy (non-hydrogen) atoms. The van der Waals surface area contributed by atoms with E-state index in [0.717, 1.165) is 11.3 Å². The number of anilines is 1.